The van der Waals surface area contributed by atoms with E-state index in [4.69, 9.17) is 0 Å². The first-order valence-corrected chi connectivity index (χ1v) is 5.62. The molecule has 0 saturated carbocycles. The van der Waals surface area contributed by atoms with Crippen LogP contribution in [0.4, 0.5) is 5.82 Å². The number of hydrogen-bond donors (Lipinski definition) is 2. The Morgan fingerprint density at radius 2 is 2.31 bits per heavy atom. The van der Waals surface area contributed by atoms with Gasteiger partial charge < -0.3 is 5.32 Å². The summed E-state index contributed by atoms with van der Waals surface area (Å²) in [5, 5.41) is 9.78. The number of aromatic nitrogens is 5. The van der Waals surface area contributed by atoms with Crippen molar-refractivity contribution in [2.24, 2.45) is 0 Å². The fraction of sp³-hybridized carbons (Fsp3) is 0.333. The Kier molecular flexibility index (Phi) is 3.45. The van der Waals surface area contributed by atoms with E-state index in [-0.39, 0.29) is 0 Å². The maximum absolute atomic E-state index is 4.25. The van der Waals surface area contributed by atoms with Crippen LogP contribution < -0.4 is 5.32 Å². The highest BCUT2D eigenvalue weighted by Crippen LogP contribution is 2.11. The van der Waals surface area contributed by atoms with Crippen molar-refractivity contribution in [1.29, 1.82) is 0 Å². The first-order valence-electron chi connectivity index (χ1n) is 4.83. The van der Waals surface area contributed by atoms with Gasteiger partial charge in [0.15, 0.2) is 0 Å². The Labute approximate surface area is 101 Å². The smallest absolute Gasteiger partial charge is 0.137 e. The van der Waals surface area contributed by atoms with Gasteiger partial charge in [-0.3, -0.25) is 5.10 Å². The van der Waals surface area contributed by atoms with Crippen molar-refractivity contribution >= 4 is 21.7 Å². The molecule has 0 radical (unpaired) electrons. The van der Waals surface area contributed by atoms with E-state index in [1.165, 1.54) is 6.33 Å². The first kappa shape index (κ1) is 11.0. The number of H-pyrrole nitrogens is 1. The molecule has 0 fully saturated rings. The molecule has 16 heavy (non-hydrogen) atoms. The van der Waals surface area contributed by atoms with E-state index in [0.29, 0.717) is 0 Å². The van der Waals surface area contributed by atoms with Crippen molar-refractivity contribution in [3.63, 3.8) is 0 Å². The number of anilines is 1. The van der Waals surface area contributed by atoms with Crippen molar-refractivity contribution in [2.45, 2.75) is 13.3 Å². The maximum atomic E-state index is 4.25. The van der Waals surface area contributed by atoms with Gasteiger partial charge in [-0.1, -0.05) is 0 Å². The van der Waals surface area contributed by atoms with E-state index in [2.05, 4.69) is 46.4 Å². The molecule has 7 heteroatoms. The molecule has 2 rings (SSSR count). The van der Waals surface area contributed by atoms with Gasteiger partial charge in [0.05, 0.1) is 0 Å². The average molecular weight is 283 g/mol. The summed E-state index contributed by atoms with van der Waals surface area (Å²) in [5.74, 6) is 2.40. The molecule has 0 amide bonds. The summed E-state index contributed by atoms with van der Waals surface area (Å²) in [6.45, 7) is 2.60. The summed E-state index contributed by atoms with van der Waals surface area (Å²) in [6, 6.07) is 1.84. The molecule has 0 bridgehead atoms. The highest BCUT2D eigenvalue weighted by Gasteiger charge is 2.00. The van der Waals surface area contributed by atoms with Crippen LogP contribution in [0.2, 0.25) is 0 Å². The van der Waals surface area contributed by atoms with Crippen LogP contribution in [0.15, 0.2) is 17.0 Å². The van der Waals surface area contributed by atoms with Crippen LogP contribution in [0.25, 0.3) is 0 Å². The molecule has 2 aromatic rings. The third-order valence-electron chi connectivity index (χ3n) is 1.94. The lowest BCUT2D eigenvalue weighted by atomic mass is 10.4. The molecule has 2 N–H and O–H groups in total. The lowest BCUT2D eigenvalue weighted by molar-refractivity contribution is 0.892. The molecular formula is C9H11BrN6. The molecule has 2 aromatic heterocycles. The van der Waals surface area contributed by atoms with Gasteiger partial charge in [-0.2, -0.15) is 5.10 Å². The molecule has 0 aromatic carbocycles. The van der Waals surface area contributed by atoms with Crippen LogP contribution in [-0.2, 0) is 6.42 Å². The standard InChI is InChI=1S/C9H11BrN6/c1-6-14-7(10)4-9(15-6)11-3-2-8-12-5-13-16-8/h4-5H,2-3H2,1H3,(H,11,14,15)(H,12,13,16). The molecule has 6 nitrogen and oxygen atoms in total. The van der Waals surface area contributed by atoms with Gasteiger partial charge >= 0.3 is 0 Å². The third-order valence-corrected chi connectivity index (χ3v) is 2.35. The van der Waals surface area contributed by atoms with E-state index in [1.807, 2.05) is 13.0 Å². The topological polar surface area (TPSA) is 79.4 Å². The van der Waals surface area contributed by atoms with E-state index in [0.717, 1.165) is 35.0 Å². The zero-order valence-electron chi connectivity index (χ0n) is 8.74. The number of nitrogens with one attached hydrogen (secondary N) is 2. The molecule has 0 aliphatic heterocycles. The monoisotopic (exact) mass is 282 g/mol. The van der Waals surface area contributed by atoms with Crippen molar-refractivity contribution in [3.8, 4) is 0 Å². The summed E-state index contributed by atoms with van der Waals surface area (Å²) in [6.07, 6.45) is 2.28. The van der Waals surface area contributed by atoms with Gasteiger partial charge in [0.2, 0.25) is 0 Å². The Morgan fingerprint density at radius 1 is 1.44 bits per heavy atom. The number of rotatable bonds is 4. The van der Waals surface area contributed by atoms with Crippen LogP contribution >= 0.6 is 15.9 Å². The Morgan fingerprint density at radius 3 is 3.00 bits per heavy atom. The molecule has 0 atom stereocenters. The third kappa shape index (κ3) is 2.99. The normalized spacial score (nSPS) is 10.4. The SMILES string of the molecule is Cc1nc(Br)cc(NCCc2ncn[nH]2)n1. The van der Waals surface area contributed by atoms with Crippen LogP contribution in [0.3, 0.4) is 0 Å². The Balaban J connectivity index is 1.89. The summed E-state index contributed by atoms with van der Waals surface area (Å²) in [7, 11) is 0. The molecule has 84 valence electrons. The van der Waals surface area contributed by atoms with Crippen molar-refractivity contribution in [2.75, 3.05) is 11.9 Å². The van der Waals surface area contributed by atoms with Gasteiger partial charge in [-0.25, -0.2) is 15.0 Å². The van der Waals surface area contributed by atoms with Crippen molar-refractivity contribution in [1.82, 2.24) is 25.1 Å². The van der Waals surface area contributed by atoms with Gasteiger partial charge in [-0.15, -0.1) is 0 Å². The number of hydrogen-bond acceptors (Lipinski definition) is 5. The summed E-state index contributed by atoms with van der Waals surface area (Å²) < 4.78 is 0.780. The minimum atomic E-state index is 0.733. The molecule has 0 unspecified atom stereocenters. The van der Waals surface area contributed by atoms with E-state index in [9.17, 15) is 0 Å². The first-order chi connectivity index (χ1) is 7.74. The van der Waals surface area contributed by atoms with Crippen LogP contribution in [0.5, 0.6) is 0 Å². The maximum Gasteiger partial charge on any atom is 0.137 e. The van der Waals surface area contributed by atoms with Crippen LogP contribution in [0.1, 0.15) is 11.6 Å². The van der Waals surface area contributed by atoms with Crippen LogP contribution in [-0.4, -0.2) is 31.7 Å². The van der Waals surface area contributed by atoms with E-state index < -0.39 is 0 Å². The summed E-state index contributed by atoms with van der Waals surface area (Å²) >= 11 is 3.32. The Hall–Kier alpha value is -1.50. The van der Waals surface area contributed by atoms with Gasteiger partial charge in [0.1, 0.15) is 28.4 Å². The zero-order chi connectivity index (χ0) is 11.4. The minimum Gasteiger partial charge on any atom is -0.369 e. The lowest BCUT2D eigenvalue weighted by Gasteiger charge is -2.05. The molecule has 0 spiro atoms. The molecule has 2 heterocycles. The minimum absolute atomic E-state index is 0.733. The van der Waals surface area contributed by atoms with Crippen molar-refractivity contribution in [3.05, 3.63) is 28.6 Å². The number of aryl methyl sites for hydroxylation is 1. The average Bonchev–Trinajstić information content (AvgIpc) is 2.69. The number of aromatic amines is 1. The van der Waals surface area contributed by atoms with Crippen molar-refractivity contribution < 1.29 is 0 Å². The fourth-order valence-electron chi connectivity index (χ4n) is 1.28. The predicted octanol–water partition coefficient (Wildman–Crippen LogP) is 1.32. The molecule has 0 aliphatic rings. The Bertz CT molecular complexity index is 435. The predicted molar refractivity (Wildman–Crippen MR) is 63.0 cm³/mol. The largest absolute Gasteiger partial charge is 0.369 e. The van der Waals surface area contributed by atoms with E-state index >= 15 is 0 Å². The number of nitrogens with zero attached hydrogens (tertiary/aromatic N) is 4. The molecule has 0 saturated heterocycles. The number of halogens is 1. The highest BCUT2D eigenvalue weighted by molar-refractivity contribution is 9.10. The molecular weight excluding hydrogens is 272 g/mol. The lowest BCUT2D eigenvalue weighted by Crippen LogP contribution is -2.08. The zero-order valence-corrected chi connectivity index (χ0v) is 10.3. The van der Waals surface area contributed by atoms with Gasteiger partial charge in [0, 0.05) is 19.0 Å². The van der Waals surface area contributed by atoms with E-state index in [1.54, 1.807) is 0 Å². The summed E-state index contributed by atoms with van der Waals surface area (Å²) in [5.41, 5.74) is 0. The second-order valence-corrected chi connectivity index (χ2v) is 4.04. The summed E-state index contributed by atoms with van der Waals surface area (Å²) in [4.78, 5) is 12.4. The highest BCUT2D eigenvalue weighted by atomic mass is 79.9. The second kappa shape index (κ2) is 5.02. The van der Waals surface area contributed by atoms with Crippen LogP contribution in [0, 0.1) is 6.92 Å². The fourth-order valence-corrected chi connectivity index (χ4v) is 1.76. The second-order valence-electron chi connectivity index (χ2n) is 3.23. The molecule has 0 aliphatic carbocycles. The van der Waals surface area contributed by atoms with Gasteiger partial charge in [-0.05, 0) is 22.9 Å². The van der Waals surface area contributed by atoms with Gasteiger partial charge in [0.25, 0.3) is 0 Å². The quantitative estimate of drug-likeness (QED) is 0.827.